The van der Waals surface area contributed by atoms with Gasteiger partial charge >= 0.3 is 0 Å². The Labute approximate surface area is 170 Å². The number of rotatable bonds is 7. The van der Waals surface area contributed by atoms with Gasteiger partial charge in [0.25, 0.3) is 5.91 Å². The summed E-state index contributed by atoms with van der Waals surface area (Å²) in [7, 11) is 1.64. The second-order valence-electron chi connectivity index (χ2n) is 6.98. The summed E-state index contributed by atoms with van der Waals surface area (Å²) in [5.74, 6) is 0.352. The predicted octanol–water partition coefficient (Wildman–Crippen LogP) is 3.71. The summed E-state index contributed by atoms with van der Waals surface area (Å²) in [5, 5.41) is 2.90. The highest BCUT2D eigenvalue weighted by Crippen LogP contribution is 2.37. The lowest BCUT2D eigenvalue weighted by atomic mass is 10.0. The SMILES string of the molecule is COCCCNC(=O)c1ccc2c(c1)N(Cc1cc(C)ccc1C)C(=O)CS2. The Morgan fingerprint density at radius 3 is 2.82 bits per heavy atom. The van der Waals surface area contributed by atoms with E-state index in [1.165, 1.54) is 17.3 Å². The minimum atomic E-state index is -0.131. The Hall–Kier alpha value is -2.31. The summed E-state index contributed by atoms with van der Waals surface area (Å²) in [6.07, 6.45) is 0.764. The molecule has 2 amide bonds. The van der Waals surface area contributed by atoms with Gasteiger partial charge < -0.3 is 15.0 Å². The minimum absolute atomic E-state index is 0.0658. The lowest BCUT2D eigenvalue weighted by molar-refractivity contribution is -0.116. The van der Waals surface area contributed by atoms with Crippen molar-refractivity contribution in [1.82, 2.24) is 5.32 Å². The van der Waals surface area contributed by atoms with Crippen molar-refractivity contribution >= 4 is 29.3 Å². The van der Waals surface area contributed by atoms with Crippen LogP contribution in [0, 0.1) is 13.8 Å². The van der Waals surface area contributed by atoms with Crippen LogP contribution in [0.25, 0.3) is 0 Å². The quantitative estimate of drug-likeness (QED) is 0.723. The van der Waals surface area contributed by atoms with E-state index in [0.29, 0.717) is 31.0 Å². The Bertz CT molecular complexity index is 882. The zero-order valence-corrected chi connectivity index (χ0v) is 17.4. The van der Waals surface area contributed by atoms with Crippen molar-refractivity contribution in [2.45, 2.75) is 31.7 Å². The Balaban J connectivity index is 1.83. The van der Waals surface area contributed by atoms with Gasteiger partial charge in [0.1, 0.15) is 0 Å². The van der Waals surface area contributed by atoms with Crippen LogP contribution in [0.4, 0.5) is 5.69 Å². The topological polar surface area (TPSA) is 58.6 Å². The number of hydrogen-bond donors (Lipinski definition) is 1. The number of carbonyl (C=O) groups excluding carboxylic acids is 2. The first-order chi connectivity index (χ1) is 13.5. The molecule has 2 aromatic rings. The van der Waals surface area contributed by atoms with Crippen molar-refractivity contribution in [3.63, 3.8) is 0 Å². The molecule has 1 aliphatic heterocycles. The first-order valence-electron chi connectivity index (χ1n) is 9.40. The lowest BCUT2D eigenvalue weighted by Crippen LogP contribution is -2.35. The van der Waals surface area contributed by atoms with Crippen LogP contribution in [-0.2, 0) is 16.1 Å². The molecule has 3 rings (SSSR count). The highest BCUT2D eigenvalue weighted by atomic mass is 32.2. The van der Waals surface area contributed by atoms with Crippen LogP contribution in [0.15, 0.2) is 41.3 Å². The zero-order chi connectivity index (χ0) is 20.1. The van der Waals surface area contributed by atoms with Gasteiger partial charge in [0.2, 0.25) is 5.91 Å². The van der Waals surface area contributed by atoms with Gasteiger partial charge in [-0.1, -0.05) is 23.8 Å². The van der Waals surface area contributed by atoms with Gasteiger partial charge in [0, 0.05) is 30.7 Å². The van der Waals surface area contributed by atoms with E-state index in [0.717, 1.165) is 28.1 Å². The third kappa shape index (κ3) is 4.75. The number of ether oxygens (including phenoxy) is 1. The number of nitrogens with one attached hydrogen (secondary N) is 1. The first-order valence-corrected chi connectivity index (χ1v) is 10.4. The molecule has 0 spiro atoms. The molecular formula is C22H26N2O3S. The van der Waals surface area contributed by atoms with Crippen molar-refractivity contribution in [1.29, 1.82) is 0 Å². The third-order valence-electron chi connectivity index (χ3n) is 4.81. The van der Waals surface area contributed by atoms with Crippen LogP contribution in [0.2, 0.25) is 0 Å². The number of nitrogens with zero attached hydrogens (tertiary/aromatic N) is 1. The average molecular weight is 399 g/mol. The molecule has 0 radical (unpaired) electrons. The summed E-state index contributed by atoms with van der Waals surface area (Å²) in [4.78, 5) is 28.0. The first kappa shape index (κ1) is 20.4. The number of fused-ring (bicyclic) bond motifs is 1. The smallest absolute Gasteiger partial charge is 0.251 e. The molecule has 1 heterocycles. The van der Waals surface area contributed by atoms with Crippen LogP contribution in [0.5, 0.6) is 0 Å². The van der Waals surface area contributed by atoms with Crippen LogP contribution in [0.1, 0.15) is 33.5 Å². The number of carbonyl (C=O) groups is 2. The minimum Gasteiger partial charge on any atom is -0.385 e. The molecule has 2 aromatic carbocycles. The second kappa shape index (κ2) is 9.26. The molecule has 0 unspecified atom stereocenters. The standard InChI is InChI=1S/C22H26N2O3S/c1-15-5-6-16(2)18(11-15)13-24-19-12-17(22(26)23-9-4-10-27-3)7-8-20(19)28-14-21(24)25/h5-8,11-12H,4,9-10,13-14H2,1-3H3,(H,23,26). The molecule has 0 bridgehead atoms. The molecule has 0 atom stereocenters. The van der Waals surface area contributed by atoms with Gasteiger partial charge in [-0.05, 0) is 49.6 Å². The van der Waals surface area contributed by atoms with Gasteiger partial charge in [-0.2, -0.15) is 0 Å². The molecule has 0 fully saturated rings. The summed E-state index contributed by atoms with van der Waals surface area (Å²) in [6, 6.07) is 11.9. The fourth-order valence-electron chi connectivity index (χ4n) is 3.18. The van der Waals surface area contributed by atoms with E-state index in [2.05, 4.69) is 37.4 Å². The molecule has 28 heavy (non-hydrogen) atoms. The predicted molar refractivity (Wildman–Crippen MR) is 113 cm³/mol. The van der Waals surface area contributed by atoms with E-state index in [4.69, 9.17) is 4.74 Å². The normalized spacial score (nSPS) is 13.4. The number of amides is 2. The zero-order valence-electron chi connectivity index (χ0n) is 16.6. The number of anilines is 1. The van der Waals surface area contributed by atoms with E-state index in [9.17, 15) is 9.59 Å². The Morgan fingerprint density at radius 1 is 1.21 bits per heavy atom. The molecule has 0 aliphatic carbocycles. The summed E-state index contributed by atoms with van der Waals surface area (Å²) in [5.41, 5.74) is 4.83. The second-order valence-corrected chi connectivity index (χ2v) is 8.00. The van der Waals surface area contributed by atoms with Crippen molar-refractivity contribution in [2.75, 3.05) is 30.9 Å². The van der Waals surface area contributed by atoms with Gasteiger partial charge in [-0.3, -0.25) is 9.59 Å². The maximum atomic E-state index is 12.7. The highest BCUT2D eigenvalue weighted by Gasteiger charge is 2.26. The molecule has 0 aromatic heterocycles. The Kier molecular flexibility index (Phi) is 6.75. The van der Waals surface area contributed by atoms with Crippen LogP contribution < -0.4 is 10.2 Å². The van der Waals surface area contributed by atoms with Crippen molar-refractivity contribution < 1.29 is 14.3 Å². The summed E-state index contributed by atoms with van der Waals surface area (Å²) >= 11 is 1.52. The fourth-order valence-corrected chi connectivity index (χ4v) is 4.09. The molecule has 6 heteroatoms. The molecule has 1 aliphatic rings. The van der Waals surface area contributed by atoms with Crippen LogP contribution in [-0.4, -0.2) is 37.8 Å². The number of hydrogen-bond acceptors (Lipinski definition) is 4. The molecular weight excluding hydrogens is 372 g/mol. The van der Waals surface area contributed by atoms with Gasteiger partial charge in [-0.25, -0.2) is 0 Å². The molecule has 0 saturated heterocycles. The molecule has 148 valence electrons. The van der Waals surface area contributed by atoms with E-state index in [-0.39, 0.29) is 11.8 Å². The number of thioether (sulfide) groups is 1. The maximum Gasteiger partial charge on any atom is 0.251 e. The number of aryl methyl sites for hydroxylation is 2. The van der Waals surface area contributed by atoms with E-state index in [1.54, 1.807) is 12.0 Å². The van der Waals surface area contributed by atoms with Crippen LogP contribution in [0.3, 0.4) is 0 Å². The largest absolute Gasteiger partial charge is 0.385 e. The molecule has 5 nitrogen and oxygen atoms in total. The van der Waals surface area contributed by atoms with Gasteiger partial charge in [0.15, 0.2) is 0 Å². The molecule has 1 N–H and O–H groups in total. The fraction of sp³-hybridized carbons (Fsp3) is 0.364. The summed E-state index contributed by atoms with van der Waals surface area (Å²) in [6.45, 7) is 5.79. The lowest BCUT2D eigenvalue weighted by Gasteiger charge is -2.30. The van der Waals surface area contributed by atoms with Gasteiger partial charge in [0.05, 0.1) is 18.0 Å². The van der Waals surface area contributed by atoms with Gasteiger partial charge in [-0.15, -0.1) is 11.8 Å². The van der Waals surface area contributed by atoms with Crippen molar-refractivity contribution in [3.05, 3.63) is 58.7 Å². The number of methoxy groups -OCH3 is 1. The Morgan fingerprint density at radius 2 is 2.04 bits per heavy atom. The monoisotopic (exact) mass is 398 g/mol. The van der Waals surface area contributed by atoms with E-state index < -0.39 is 0 Å². The maximum absolute atomic E-state index is 12.7. The van der Waals surface area contributed by atoms with E-state index in [1.807, 2.05) is 18.2 Å². The highest BCUT2D eigenvalue weighted by molar-refractivity contribution is 8.00. The summed E-state index contributed by atoms with van der Waals surface area (Å²) < 4.78 is 5.01. The number of benzene rings is 2. The molecule has 0 saturated carbocycles. The van der Waals surface area contributed by atoms with Crippen molar-refractivity contribution in [2.24, 2.45) is 0 Å². The van der Waals surface area contributed by atoms with Crippen molar-refractivity contribution in [3.8, 4) is 0 Å². The third-order valence-corrected chi connectivity index (χ3v) is 5.86. The van der Waals surface area contributed by atoms with E-state index >= 15 is 0 Å². The van der Waals surface area contributed by atoms with Crippen LogP contribution >= 0.6 is 11.8 Å². The average Bonchev–Trinajstić information content (AvgIpc) is 2.69.